The fraction of sp³-hybridized carbons (Fsp3) is 0.0500. The molecule has 0 aromatic heterocycles. The summed E-state index contributed by atoms with van der Waals surface area (Å²) in [4.78, 5) is 16.1. The highest BCUT2D eigenvalue weighted by atomic mass is 127. The van der Waals surface area contributed by atoms with E-state index in [1.165, 1.54) is 6.92 Å². The lowest BCUT2D eigenvalue weighted by Gasteiger charge is -2.43. The quantitative estimate of drug-likeness (QED) is 0.243. The molecular formula is C20H9I9O2S. The lowest BCUT2D eigenvalue weighted by atomic mass is 10.3. The van der Waals surface area contributed by atoms with E-state index in [0.717, 1.165) is 46.8 Å². The summed E-state index contributed by atoms with van der Waals surface area (Å²) in [7, 11) is -2.37. The summed E-state index contributed by atoms with van der Waals surface area (Å²) in [5.74, 6) is -0.277. The van der Waals surface area contributed by atoms with E-state index in [2.05, 4.69) is 240 Å². The van der Waals surface area contributed by atoms with Gasteiger partial charge in [0, 0.05) is 39.1 Å². The molecule has 0 bridgehead atoms. The molecule has 2 nitrogen and oxygen atoms in total. The van der Waals surface area contributed by atoms with Crippen LogP contribution in [0.15, 0.2) is 51.1 Å². The van der Waals surface area contributed by atoms with Crippen molar-refractivity contribution in [1.29, 1.82) is 0 Å². The minimum Gasteiger partial charge on any atom is -0.402 e. The van der Waals surface area contributed by atoms with Crippen LogP contribution in [0.1, 0.15) is 6.92 Å². The molecule has 3 aromatic carbocycles. The second-order valence-electron chi connectivity index (χ2n) is 6.23. The van der Waals surface area contributed by atoms with Gasteiger partial charge in [-0.15, -0.1) is 0 Å². The maximum atomic E-state index is 12.8. The van der Waals surface area contributed by atoms with Gasteiger partial charge in [-0.1, -0.05) is 0 Å². The van der Waals surface area contributed by atoms with Crippen LogP contribution in [0.3, 0.4) is 0 Å². The Kier molecular flexibility index (Phi) is 12.4. The summed E-state index contributed by atoms with van der Waals surface area (Å²) in [6, 6.07) is 13.0. The number of benzene rings is 3. The van der Waals surface area contributed by atoms with Crippen LogP contribution in [0.5, 0.6) is 0 Å². The van der Waals surface area contributed by atoms with Crippen molar-refractivity contribution in [1.82, 2.24) is 0 Å². The third-order valence-electron chi connectivity index (χ3n) is 3.99. The summed E-state index contributed by atoms with van der Waals surface area (Å²) < 4.78 is 16.7. The van der Waals surface area contributed by atoms with E-state index >= 15 is 0 Å². The molecule has 0 aliphatic carbocycles. The third kappa shape index (κ3) is 6.60. The summed E-state index contributed by atoms with van der Waals surface area (Å²) in [5, 5.41) is 0. The Bertz CT molecular complexity index is 1040. The topological polar surface area (TPSA) is 26.3 Å². The molecule has 0 unspecified atom stereocenters. The SMILES string of the molecule is CC(=O)OS(c1c(I)cc(I)cc1I)(c1c(I)cc(I)cc1I)c1c(I)cc(I)cc1I. The number of rotatable bonds is 4. The molecule has 0 atom stereocenters. The Morgan fingerprint density at radius 2 is 0.781 bits per heavy atom. The minimum absolute atomic E-state index is 0.277. The Morgan fingerprint density at radius 3 is 0.969 bits per heavy atom. The molecule has 0 N–H and O–H groups in total. The molecule has 0 radical (unpaired) electrons. The van der Waals surface area contributed by atoms with Crippen LogP contribution in [0, 0.1) is 32.1 Å². The average Bonchev–Trinajstić information content (AvgIpc) is 2.57. The van der Waals surface area contributed by atoms with Gasteiger partial charge in [-0.3, -0.25) is 4.79 Å². The first kappa shape index (κ1) is 30.6. The van der Waals surface area contributed by atoms with Crippen molar-refractivity contribution in [3.63, 3.8) is 0 Å². The van der Waals surface area contributed by atoms with Crippen LogP contribution in [-0.4, -0.2) is 5.97 Å². The number of carbonyl (C=O) groups excluding carboxylic acids is 1. The summed E-state index contributed by atoms with van der Waals surface area (Å²) >= 11 is 21.5. The fourth-order valence-electron chi connectivity index (χ4n) is 3.02. The van der Waals surface area contributed by atoms with E-state index in [4.69, 9.17) is 4.18 Å². The Hall–Kier alpha value is 4.05. The van der Waals surface area contributed by atoms with E-state index in [1.807, 2.05) is 0 Å². The third-order valence-corrected chi connectivity index (χ3v) is 16.7. The molecular weight excluding hydrogens is 1450 g/mol. The average molecular weight is 1460 g/mol. The largest absolute Gasteiger partial charge is 0.402 e. The fourth-order valence-corrected chi connectivity index (χ4v) is 22.6. The predicted molar refractivity (Wildman–Crippen MR) is 208 cm³/mol. The number of carbonyl (C=O) groups is 1. The molecule has 3 aromatic rings. The van der Waals surface area contributed by atoms with Gasteiger partial charge in [0.2, 0.25) is 0 Å². The van der Waals surface area contributed by atoms with Crippen molar-refractivity contribution in [3.05, 3.63) is 68.5 Å². The highest BCUT2D eigenvalue weighted by Crippen LogP contribution is 2.74. The van der Waals surface area contributed by atoms with Gasteiger partial charge in [0.25, 0.3) is 0 Å². The van der Waals surface area contributed by atoms with Gasteiger partial charge in [-0.2, -0.15) is 0 Å². The standard InChI is InChI=1S/C20H9I9O2S/c1-8(30)31-32(18-12(24)2-9(21)3-13(18)25,19-14(26)4-10(22)5-15(19)27)20-16(28)6-11(23)7-17(20)29/h2-7H,1H3. The van der Waals surface area contributed by atoms with Gasteiger partial charge in [0.05, 0.1) is 14.7 Å². The highest BCUT2D eigenvalue weighted by molar-refractivity contribution is 14.1. The van der Waals surface area contributed by atoms with E-state index in [-0.39, 0.29) is 5.97 Å². The lowest BCUT2D eigenvalue weighted by Crippen LogP contribution is -2.18. The molecule has 0 saturated heterocycles. The summed E-state index contributed by atoms with van der Waals surface area (Å²) in [6.45, 7) is 1.52. The first-order valence-electron chi connectivity index (χ1n) is 8.35. The summed E-state index contributed by atoms with van der Waals surface area (Å²) in [6.07, 6.45) is 0. The number of hydrogen-bond acceptors (Lipinski definition) is 2. The van der Waals surface area contributed by atoms with Gasteiger partial charge >= 0.3 is 5.97 Å². The molecule has 0 heterocycles. The van der Waals surface area contributed by atoms with Crippen molar-refractivity contribution in [2.24, 2.45) is 0 Å². The van der Waals surface area contributed by atoms with Gasteiger partial charge in [-0.05, 0) is 250 Å². The number of halogens is 9. The van der Waals surface area contributed by atoms with Crippen molar-refractivity contribution in [2.75, 3.05) is 0 Å². The van der Waals surface area contributed by atoms with Crippen molar-refractivity contribution < 1.29 is 8.98 Å². The molecule has 0 amide bonds. The lowest BCUT2D eigenvalue weighted by molar-refractivity contribution is -0.131. The van der Waals surface area contributed by atoms with Gasteiger partial charge in [-0.25, -0.2) is 0 Å². The highest BCUT2D eigenvalue weighted by Gasteiger charge is 2.44. The van der Waals surface area contributed by atoms with Crippen molar-refractivity contribution >= 4 is 220 Å². The van der Waals surface area contributed by atoms with Crippen LogP contribution in [0.4, 0.5) is 0 Å². The first-order chi connectivity index (χ1) is 14.9. The normalized spacial score (nSPS) is 12.1. The molecule has 32 heavy (non-hydrogen) atoms. The Labute approximate surface area is 311 Å². The predicted octanol–water partition coefficient (Wildman–Crippen LogP) is 10.9. The van der Waals surface area contributed by atoms with Crippen molar-refractivity contribution in [3.8, 4) is 0 Å². The molecule has 0 aliphatic heterocycles. The van der Waals surface area contributed by atoms with Crippen LogP contribution in [0.25, 0.3) is 0 Å². The van der Waals surface area contributed by atoms with E-state index in [0.29, 0.717) is 0 Å². The van der Waals surface area contributed by atoms with E-state index in [9.17, 15) is 4.79 Å². The Morgan fingerprint density at radius 1 is 0.562 bits per heavy atom. The molecule has 0 saturated carbocycles. The van der Waals surface area contributed by atoms with Gasteiger partial charge in [0.1, 0.15) is 0 Å². The maximum Gasteiger partial charge on any atom is 0.313 e. The zero-order valence-corrected chi connectivity index (χ0v) is 35.8. The zero-order chi connectivity index (χ0) is 24.0. The maximum absolute atomic E-state index is 12.8. The van der Waals surface area contributed by atoms with E-state index in [1.54, 1.807) is 0 Å². The molecule has 0 fully saturated rings. The van der Waals surface area contributed by atoms with Gasteiger partial charge < -0.3 is 4.18 Å². The number of hydrogen-bond donors (Lipinski definition) is 0. The first-order valence-corrected chi connectivity index (χ1v) is 19.6. The van der Waals surface area contributed by atoms with Crippen LogP contribution in [-0.2, 0) is 8.98 Å². The van der Waals surface area contributed by atoms with Crippen molar-refractivity contribution in [2.45, 2.75) is 21.6 Å². The van der Waals surface area contributed by atoms with Crippen LogP contribution in [0.2, 0.25) is 0 Å². The van der Waals surface area contributed by atoms with E-state index < -0.39 is 10.3 Å². The molecule has 0 aliphatic rings. The second kappa shape index (κ2) is 12.9. The Balaban J connectivity index is 2.67. The van der Waals surface area contributed by atoms with Gasteiger partial charge in [0.15, 0.2) is 0 Å². The zero-order valence-electron chi connectivity index (χ0n) is 15.6. The molecule has 12 heteroatoms. The summed E-state index contributed by atoms with van der Waals surface area (Å²) in [5.41, 5.74) is 0. The van der Waals surface area contributed by atoms with Crippen LogP contribution < -0.4 is 0 Å². The second-order valence-corrected chi connectivity index (χ2v) is 19.4. The monoisotopic (exact) mass is 1460 g/mol. The molecule has 0 spiro atoms. The molecule has 3 rings (SSSR count). The minimum atomic E-state index is -2.37. The van der Waals surface area contributed by atoms with Crippen LogP contribution >= 0.6 is 214 Å². The molecule has 170 valence electrons. The smallest absolute Gasteiger partial charge is 0.313 e.